The molecule has 3 rings (SSSR count). The highest BCUT2D eigenvalue weighted by Gasteiger charge is 2.21. The van der Waals surface area contributed by atoms with Crippen LogP contribution in [0, 0.1) is 6.92 Å². The van der Waals surface area contributed by atoms with Crippen LogP contribution in [0.3, 0.4) is 0 Å². The Bertz CT molecular complexity index is 727. The predicted octanol–water partition coefficient (Wildman–Crippen LogP) is 4.11. The van der Waals surface area contributed by atoms with Gasteiger partial charge in [-0.3, -0.25) is 0 Å². The molecule has 2 aromatic carbocycles. The third-order valence-electron chi connectivity index (χ3n) is 4.83. The molecule has 1 heterocycles. The summed E-state index contributed by atoms with van der Waals surface area (Å²) in [5, 5.41) is 3.81. The molecule has 0 atom stereocenters. The van der Waals surface area contributed by atoms with Crippen LogP contribution in [0.1, 0.15) is 17.5 Å². The van der Waals surface area contributed by atoms with Gasteiger partial charge >= 0.3 is 6.03 Å². The van der Waals surface area contributed by atoms with Gasteiger partial charge in [-0.2, -0.15) is 0 Å². The van der Waals surface area contributed by atoms with E-state index in [4.69, 9.17) is 11.6 Å². The molecule has 1 aliphatic rings. The highest BCUT2D eigenvalue weighted by molar-refractivity contribution is 6.30. The fraction of sp³-hybridized carbons (Fsp3) is 0.381. The lowest BCUT2D eigenvalue weighted by molar-refractivity contribution is 0.194. The molecule has 26 heavy (non-hydrogen) atoms. The summed E-state index contributed by atoms with van der Waals surface area (Å²) in [7, 11) is 0. The second kappa shape index (κ2) is 8.95. The number of nitrogens with one attached hydrogen (secondary N) is 1. The number of halogens is 1. The number of carbonyl (C=O) groups excluding carboxylic acids is 1. The minimum atomic E-state index is 0.0468. The number of rotatable bonds is 5. The van der Waals surface area contributed by atoms with Gasteiger partial charge < -0.3 is 15.1 Å². The Morgan fingerprint density at radius 3 is 2.50 bits per heavy atom. The van der Waals surface area contributed by atoms with Crippen LogP contribution < -0.4 is 10.2 Å². The van der Waals surface area contributed by atoms with E-state index in [1.165, 1.54) is 16.8 Å². The van der Waals surface area contributed by atoms with E-state index in [9.17, 15) is 4.79 Å². The van der Waals surface area contributed by atoms with Crippen LogP contribution >= 0.6 is 11.6 Å². The molecule has 0 bridgehead atoms. The van der Waals surface area contributed by atoms with Gasteiger partial charge in [0.1, 0.15) is 0 Å². The van der Waals surface area contributed by atoms with E-state index < -0.39 is 0 Å². The van der Waals surface area contributed by atoms with Crippen molar-refractivity contribution in [3.8, 4) is 0 Å². The van der Waals surface area contributed by atoms with Crippen LogP contribution in [0.4, 0.5) is 10.5 Å². The largest absolute Gasteiger partial charge is 0.368 e. The molecule has 0 radical (unpaired) electrons. The lowest BCUT2D eigenvalue weighted by atomic mass is 10.1. The van der Waals surface area contributed by atoms with Crippen molar-refractivity contribution < 1.29 is 4.79 Å². The molecule has 0 unspecified atom stereocenters. The molecular weight excluding hydrogens is 346 g/mol. The number of anilines is 1. The average Bonchev–Trinajstić information content (AvgIpc) is 2.66. The van der Waals surface area contributed by atoms with Crippen LogP contribution in [-0.2, 0) is 6.42 Å². The number of amides is 2. The van der Waals surface area contributed by atoms with Crippen LogP contribution in [0.15, 0.2) is 48.5 Å². The average molecular weight is 372 g/mol. The Morgan fingerprint density at radius 1 is 1.08 bits per heavy atom. The van der Waals surface area contributed by atoms with E-state index in [0.717, 1.165) is 44.0 Å². The number of hydrogen-bond acceptors (Lipinski definition) is 2. The zero-order valence-corrected chi connectivity index (χ0v) is 16.0. The number of aryl methyl sites for hydroxylation is 2. The molecule has 1 saturated heterocycles. The zero-order valence-electron chi connectivity index (χ0n) is 15.2. The van der Waals surface area contributed by atoms with E-state index in [-0.39, 0.29) is 6.03 Å². The number of piperazine rings is 1. The van der Waals surface area contributed by atoms with E-state index in [1.807, 2.05) is 23.1 Å². The summed E-state index contributed by atoms with van der Waals surface area (Å²) in [5.41, 5.74) is 3.70. The van der Waals surface area contributed by atoms with Gasteiger partial charge in [-0.25, -0.2) is 4.79 Å². The minimum Gasteiger partial charge on any atom is -0.368 e. The standard InChI is InChI=1S/C21H26ClN3O/c1-17-16-19(22)9-10-20(17)24-12-14-25(15-13-24)21(26)23-11-5-8-18-6-3-2-4-7-18/h2-4,6-7,9-10,16H,5,8,11-15H2,1H3,(H,23,26). The molecule has 138 valence electrons. The van der Waals surface area contributed by atoms with Gasteiger partial charge in [0.05, 0.1) is 0 Å². The first-order chi connectivity index (χ1) is 12.6. The Kier molecular flexibility index (Phi) is 6.40. The van der Waals surface area contributed by atoms with Crippen molar-refractivity contribution in [2.75, 3.05) is 37.6 Å². The lowest BCUT2D eigenvalue weighted by Crippen LogP contribution is -2.52. The second-order valence-corrected chi connectivity index (χ2v) is 7.16. The van der Waals surface area contributed by atoms with Crippen molar-refractivity contribution in [1.82, 2.24) is 10.2 Å². The monoisotopic (exact) mass is 371 g/mol. The van der Waals surface area contributed by atoms with Crippen molar-refractivity contribution in [2.45, 2.75) is 19.8 Å². The molecule has 1 fully saturated rings. The van der Waals surface area contributed by atoms with Gasteiger partial charge in [0.2, 0.25) is 0 Å². The molecule has 2 aromatic rings. The molecule has 1 aliphatic heterocycles. The van der Waals surface area contributed by atoms with E-state index in [2.05, 4.69) is 47.5 Å². The Labute approximate surface area is 160 Å². The maximum absolute atomic E-state index is 12.3. The molecule has 4 nitrogen and oxygen atoms in total. The maximum Gasteiger partial charge on any atom is 0.317 e. The van der Waals surface area contributed by atoms with Crippen LogP contribution in [0.25, 0.3) is 0 Å². The molecule has 0 aliphatic carbocycles. The molecule has 0 saturated carbocycles. The molecule has 0 spiro atoms. The SMILES string of the molecule is Cc1cc(Cl)ccc1N1CCN(C(=O)NCCCc2ccccc2)CC1. The predicted molar refractivity (Wildman–Crippen MR) is 108 cm³/mol. The van der Waals surface area contributed by atoms with Crippen molar-refractivity contribution >= 4 is 23.3 Å². The van der Waals surface area contributed by atoms with Gasteiger partial charge in [0, 0.05) is 43.4 Å². The number of benzene rings is 2. The van der Waals surface area contributed by atoms with E-state index >= 15 is 0 Å². The third kappa shape index (κ3) is 4.92. The normalized spacial score (nSPS) is 14.4. The summed E-state index contributed by atoms with van der Waals surface area (Å²) >= 11 is 6.04. The smallest absolute Gasteiger partial charge is 0.317 e. The lowest BCUT2D eigenvalue weighted by Gasteiger charge is -2.36. The van der Waals surface area contributed by atoms with Gasteiger partial charge in [-0.05, 0) is 49.1 Å². The zero-order chi connectivity index (χ0) is 18.4. The number of nitrogens with zero attached hydrogens (tertiary/aromatic N) is 2. The molecule has 5 heteroatoms. The summed E-state index contributed by atoms with van der Waals surface area (Å²) in [5.74, 6) is 0. The highest BCUT2D eigenvalue weighted by atomic mass is 35.5. The minimum absolute atomic E-state index is 0.0468. The van der Waals surface area contributed by atoms with Gasteiger partial charge in [-0.15, -0.1) is 0 Å². The summed E-state index contributed by atoms with van der Waals surface area (Å²) in [6.45, 7) is 5.97. The molecular formula is C21H26ClN3O. The summed E-state index contributed by atoms with van der Waals surface area (Å²) < 4.78 is 0. The fourth-order valence-corrected chi connectivity index (χ4v) is 3.60. The highest BCUT2D eigenvalue weighted by Crippen LogP contribution is 2.24. The molecule has 0 aromatic heterocycles. The summed E-state index contributed by atoms with van der Waals surface area (Å²) in [6, 6.07) is 16.4. The van der Waals surface area contributed by atoms with Crippen molar-refractivity contribution in [2.24, 2.45) is 0 Å². The fourth-order valence-electron chi connectivity index (χ4n) is 3.37. The van der Waals surface area contributed by atoms with Crippen molar-refractivity contribution in [1.29, 1.82) is 0 Å². The van der Waals surface area contributed by atoms with Gasteiger partial charge in [-0.1, -0.05) is 41.9 Å². The van der Waals surface area contributed by atoms with E-state index in [0.29, 0.717) is 6.54 Å². The van der Waals surface area contributed by atoms with Crippen LogP contribution in [0.2, 0.25) is 5.02 Å². The molecule has 1 N–H and O–H groups in total. The van der Waals surface area contributed by atoms with E-state index in [1.54, 1.807) is 0 Å². The van der Waals surface area contributed by atoms with Crippen molar-refractivity contribution in [3.63, 3.8) is 0 Å². The summed E-state index contributed by atoms with van der Waals surface area (Å²) in [4.78, 5) is 16.6. The first-order valence-electron chi connectivity index (χ1n) is 9.21. The topological polar surface area (TPSA) is 35.6 Å². The Morgan fingerprint density at radius 2 is 1.81 bits per heavy atom. The first-order valence-corrected chi connectivity index (χ1v) is 9.59. The number of hydrogen-bond donors (Lipinski definition) is 1. The quantitative estimate of drug-likeness (QED) is 0.803. The number of carbonyl (C=O) groups is 1. The number of urea groups is 1. The van der Waals surface area contributed by atoms with Crippen LogP contribution in [-0.4, -0.2) is 43.7 Å². The third-order valence-corrected chi connectivity index (χ3v) is 5.06. The van der Waals surface area contributed by atoms with Gasteiger partial charge in [0.25, 0.3) is 0 Å². The maximum atomic E-state index is 12.3. The van der Waals surface area contributed by atoms with Gasteiger partial charge in [0.15, 0.2) is 0 Å². The Hall–Kier alpha value is -2.20. The summed E-state index contributed by atoms with van der Waals surface area (Å²) in [6.07, 6.45) is 1.95. The Balaban J connectivity index is 1.40. The first kappa shape index (κ1) is 18.6. The second-order valence-electron chi connectivity index (χ2n) is 6.73. The van der Waals surface area contributed by atoms with Crippen molar-refractivity contribution in [3.05, 3.63) is 64.7 Å². The molecule has 2 amide bonds. The van der Waals surface area contributed by atoms with Crippen LogP contribution in [0.5, 0.6) is 0 Å².